The van der Waals surface area contributed by atoms with Crippen molar-refractivity contribution < 1.29 is 9.18 Å². The molecule has 2 nitrogen and oxygen atoms in total. The van der Waals surface area contributed by atoms with E-state index in [1.54, 1.807) is 12.1 Å². The normalized spacial score (nSPS) is 15.3. The van der Waals surface area contributed by atoms with Crippen LogP contribution in [-0.2, 0) is 0 Å². The van der Waals surface area contributed by atoms with Crippen molar-refractivity contribution in [3.63, 3.8) is 0 Å². The van der Waals surface area contributed by atoms with Gasteiger partial charge in [-0.15, -0.1) is 0 Å². The van der Waals surface area contributed by atoms with Gasteiger partial charge in [0.1, 0.15) is 5.82 Å². The van der Waals surface area contributed by atoms with Gasteiger partial charge in [0, 0.05) is 18.7 Å². The van der Waals surface area contributed by atoms with Gasteiger partial charge in [0.2, 0.25) is 0 Å². The lowest BCUT2D eigenvalue weighted by Crippen LogP contribution is -2.33. The van der Waals surface area contributed by atoms with E-state index in [0.29, 0.717) is 17.2 Å². The molecule has 0 heterocycles. The molecular formula is C15H20FNO. The molecule has 18 heavy (non-hydrogen) atoms. The number of hydrogen-bond acceptors (Lipinski definition) is 2. The lowest BCUT2D eigenvalue weighted by atomic mass is 9.85. The van der Waals surface area contributed by atoms with Crippen LogP contribution in [-0.4, -0.2) is 18.9 Å². The van der Waals surface area contributed by atoms with Crippen LogP contribution in [0.25, 0.3) is 0 Å². The standard InChI is InChI=1S/C15H20FNO/c1-3-17(10-12-5-4-6-12)15-8-7-13(11(2)18)9-14(15)16/h7-9,12H,3-6,10H2,1-2H3. The molecule has 0 spiro atoms. The summed E-state index contributed by atoms with van der Waals surface area (Å²) in [6.45, 7) is 5.22. The first kappa shape index (κ1) is 13.1. The lowest BCUT2D eigenvalue weighted by molar-refractivity contribution is 0.101. The van der Waals surface area contributed by atoms with Crippen LogP contribution in [0.2, 0.25) is 0 Å². The van der Waals surface area contributed by atoms with E-state index in [4.69, 9.17) is 0 Å². The quantitative estimate of drug-likeness (QED) is 0.742. The van der Waals surface area contributed by atoms with Gasteiger partial charge in [0.05, 0.1) is 5.69 Å². The van der Waals surface area contributed by atoms with Gasteiger partial charge in [-0.25, -0.2) is 4.39 Å². The highest BCUT2D eigenvalue weighted by atomic mass is 19.1. The van der Waals surface area contributed by atoms with Crippen LogP contribution >= 0.6 is 0 Å². The van der Waals surface area contributed by atoms with Crippen molar-refractivity contribution in [3.05, 3.63) is 29.6 Å². The minimum atomic E-state index is -0.288. The van der Waals surface area contributed by atoms with E-state index in [-0.39, 0.29) is 11.6 Å². The summed E-state index contributed by atoms with van der Waals surface area (Å²) < 4.78 is 14.0. The van der Waals surface area contributed by atoms with Crippen LogP contribution in [0.4, 0.5) is 10.1 Å². The third kappa shape index (κ3) is 2.71. The van der Waals surface area contributed by atoms with Gasteiger partial charge in [-0.3, -0.25) is 4.79 Å². The lowest BCUT2D eigenvalue weighted by Gasteiger charge is -2.33. The monoisotopic (exact) mass is 249 g/mol. The Bertz CT molecular complexity index is 440. The van der Waals surface area contributed by atoms with Crippen LogP contribution in [0, 0.1) is 11.7 Å². The molecule has 98 valence electrons. The molecule has 1 aliphatic carbocycles. The van der Waals surface area contributed by atoms with Gasteiger partial charge < -0.3 is 4.90 Å². The summed E-state index contributed by atoms with van der Waals surface area (Å²) in [5.74, 6) is 0.322. The summed E-state index contributed by atoms with van der Waals surface area (Å²) in [5.41, 5.74) is 1.06. The Hall–Kier alpha value is -1.38. The van der Waals surface area contributed by atoms with Crippen molar-refractivity contribution >= 4 is 11.5 Å². The number of halogens is 1. The maximum Gasteiger partial charge on any atom is 0.159 e. The van der Waals surface area contributed by atoms with Crippen molar-refractivity contribution in [3.8, 4) is 0 Å². The second-order valence-corrected chi connectivity index (χ2v) is 5.06. The summed E-state index contributed by atoms with van der Waals surface area (Å²) in [6, 6.07) is 4.79. The summed E-state index contributed by atoms with van der Waals surface area (Å²) in [6.07, 6.45) is 3.81. The van der Waals surface area contributed by atoms with E-state index in [1.807, 2.05) is 6.92 Å². The van der Waals surface area contributed by atoms with Gasteiger partial charge in [0.15, 0.2) is 5.78 Å². The third-order valence-electron chi connectivity index (χ3n) is 3.78. The second-order valence-electron chi connectivity index (χ2n) is 5.06. The first-order chi connectivity index (χ1) is 8.61. The fourth-order valence-electron chi connectivity index (χ4n) is 2.37. The summed E-state index contributed by atoms with van der Waals surface area (Å²) >= 11 is 0. The summed E-state index contributed by atoms with van der Waals surface area (Å²) in [4.78, 5) is 13.3. The highest BCUT2D eigenvalue weighted by Gasteiger charge is 2.21. The van der Waals surface area contributed by atoms with Gasteiger partial charge in [-0.1, -0.05) is 6.42 Å². The maximum absolute atomic E-state index is 14.0. The summed E-state index contributed by atoms with van der Waals surface area (Å²) in [7, 11) is 0. The van der Waals surface area contributed by atoms with Gasteiger partial charge in [-0.2, -0.15) is 0 Å². The molecule has 1 fully saturated rings. The number of ketones is 1. The highest BCUT2D eigenvalue weighted by molar-refractivity contribution is 5.94. The van der Waals surface area contributed by atoms with Crippen molar-refractivity contribution in [2.45, 2.75) is 33.1 Å². The molecule has 0 aliphatic heterocycles. The number of anilines is 1. The predicted octanol–water partition coefficient (Wildman–Crippen LogP) is 3.65. The molecular weight excluding hydrogens is 229 g/mol. The average molecular weight is 249 g/mol. The largest absolute Gasteiger partial charge is 0.369 e. The first-order valence-electron chi connectivity index (χ1n) is 6.67. The number of hydrogen-bond donors (Lipinski definition) is 0. The molecule has 0 radical (unpaired) electrons. The van der Waals surface area contributed by atoms with E-state index in [9.17, 15) is 9.18 Å². The number of rotatable bonds is 5. The van der Waals surface area contributed by atoms with E-state index in [1.165, 1.54) is 32.3 Å². The Labute approximate surface area is 108 Å². The van der Waals surface area contributed by atoms with Gasteiger partial charge in [-0.05, 0) is 50.8 Å². The number of nitrogens with zero attached hydrogens (tertiary/aromatic N) is 1. The van der Waals surface area contributed by atoms with Crippen molar-refractivity contribution in [1.29, 1.82) is 0 Å². The molecule has 3 heteroatoms. The number of carbonyl (C=O) groups is 1. The van der Waals surface area contributed by atoms with E-state index in [0.717, 1.165) is 13.1 Å². The molecule has 1 aromatic rings. The maximum atomic E-state index is 14.0. The first-order valence-corrected chi connectivity index (χ1v) is 6.67. The molecule has 0 amide bonds. The Morgan fingerprint density at radius 2 is 2.17 bits per heavy atom. The molecule has 0 atom stereocenters. The smallest absolute Gasteiger partial charge is 0.159 e. The fraction of sp³-hybridized carbons (Fsp3) is 0.533. The molecule has 0 unspecified atom stereocenters. The zero-order valence-corrected chi connectivity index (χ0v) is 11.1. The van der Waals surface area contributed by atoms with Crippen molar-refractivity contribution in [1.82, 2.24) is 0 Å². The minimum Gasteiger partial charge on any atom is -0.369 e. The molecule has 0 bridgehead atoms. The fourth-order valence-corrected chi connectivity index (χ4v) is 2.37. The Morgan fingerprint density at radius 1 is 1.44 bits per heavy atom. The average Bonchev–Trinajstić information content (AvgIpc) is 2.29. The van der Waals surface area contributed by atoms with E-state index >= 15 is 0 Å². The molecule has 1 aliphatic rings. The van der Waals surface area contributed by atoms with Crippen LogP contribution < -0.4 is 4.90 Å². The Kier molecular flexibility index (Phi) is 4.00. The summed E-state index contributed by atoms with van der Waals surface area (Å²) in [5, 5.41) is 0. The van der Waals surface area contributed by atoms with E-state index < -0.39 is 0 Å². The molecule has 1 saturated carbocycles. The zero-order valence-electron chi connectivity index (χ0n) is 11.1. The molecule has 0 aromatic heterocycles. The SMILES string of the molecule is CCN(CC1CCC1)c1ccc(C(C)=O)cc1F. The second kappa shape index (κ2) is 5.51. The van der Waals surface area contributed by atoms with Crippen molar-refractivity contribution in [2.75, 3.05) is 18.0 Å². The third-order valence-corrected chi connectivity index (χ3v) is 3.78. The van der Waals surface area contributed by atoms with Gasteiger partial charge >= 0.3 is 0 Å². The van der Waals surface area contributed by atoms with Crippen LogP contribution in [0.15, 0.2) is 18.2 Å². The Morgan fingerprint density at radius 3 is 2.61 bits per heavy atom. The number of Topliss-reactive ketones (excluding diaryl/α,β-unsaturated/α-hetero) is 1. The molecule has 2 rings (SSSR count). The van der Waals surface area contributed by atoms with Crippen molar-refractivity contribution in [2.24, 2.45) is 5.92 Å². The predicted molar refractivity (Wildman–Crippen MR) is 71.6 cm³/mol. The van der Waals surface area contributed by atoms with Gasteiger partial charge in [0.25, 0.3) is 0 Å². The van der Waals surface area contributed by atoms with Crippen LogP contribution in [0.5, 0.6) is 0 Å². The molecule has 1 aromatic carbocycles. The minimum absolute atomic E-state index is 0.0949. The topological polar surface area (TPSA) is 20.3 Å². The van der Waals surface area contributed by atoms with Crippen LogP contribution in [0.1, 0.15) is 43.5 Å². The molecule has 0 saturated heterocycles. The number of benzene rings is 1. The van der Waals surface area contributed by atoms with E-state index in [2.05, 4.69) is 4.90 Å². The van der Waals surface area contributed by atoms with Crippen LogP contribution in [0.3, 0.4) is 0 Å². The number of carbonyl (C=O) groups excluding carboxylic acids is 1. The zero-order chi connectivity index (χ0) is 13.1. The molecule has 0 N–H and O–H groups in total. The highest BCUT2D eigenvalue weighted by Crippen LogP contribution is 2.30. The Balaban J connectivity index is 2.16.